The second-order valence-corrected chi connectivity index (χ2v) is 12.7. The van der Waals surface area contributed by atoms with Gasteiger partial charge in [-0.05, 0) is 19.4 Å². The van der Waals surface area contributed by atoms with Crippen LogP contribution < -0.4 is 0 Å². The van der Waals surface area contributed by atoms with Crippen LogP contribution in [-0.4, -0.2) is 31.8 Å². The molecule has 1 aromatic rings. The maximum atomic E-state index is 6.24. The molecule has 0 radical (unpaired) electrons. The molecule has 0 saturated carbocycles. The zero-order chi connectivity index (χ0) is 14.6. The fourth-order valence-electron chi connectivity index (χ4n) is 2.90. The largest absolute Gasteiger partial charge is 0.476 e. The quantitative estimate of drug-likeness (QED) is 0.631. The molecular weight excluding hydrogens is 266 g/mol. The number of rotatable bonds is 3. The van der Waals surface area contributed by atoms with Crippen LogP contribution in [0.4, 0.5) is 0 Å². The van der Waals surface area contributed by atoms with E-state index < -0.39 is 13.7 Å². The third-order valence-corrected chi connectivity index (χ3v) is 5.99. The summed E-state index contributed by atoms with van der Waals surface area (Å²) in [4.78, 5) is 4.79. The highest BCUT2D eigenvalue weighted by atomic mass is 28.3. The Labute approximate surface area is 122 Å². The molecular formula is C16H23NO2Si. The average molecular weight is 289 g/mol. The van der Waals surface area contributed by atoms with Crippen LogP contribution in [0.5, 0.6) is 0 Å². The van der Waals surface area contributed by atoms with Crippen molar-refractivity contribution < 1.29 is 9.47 Å². The molecule has 2 heterocycles. The molecule has 2 aliphatic rings. The van der Waals surface area contributed by atoms with Crippen LogP contribution >= 0.6 is 0 Å². The van der Waals surface area contributed by atoms with Crippen molar-refractivity contribution in [2.24, 2.45) is 4.99 Å². The number of ether oxygens (including phenoxy) is 2. The molecule has 0 unspecified atom stereocenters. The molecule has 0 aromatic heterocycles. The average Bonchev–Trinajstić information content (AvgIpc) is 3.04. The SMILES string of the molecule is CC1(C)COC([C@@]2(c3ccccc3)O[C@H]2[Si](C)(C)C)=N1. The minimum Gasteiger partial charge on any atom is -0.476 e. The van der Waals surface area contributed by atoms with Gasteiger partial charge in [0, 0.05) is 0 Å². The molecule has 1 saturated heterocycles. The van der Waals surface area contributed by atoms with Gasteiger partial charge in [0.1, 0.15) is 6.61 Å². The van der Waals surface area contributed by atoms with E-state index in [4.69, 9.17) is 14.5 Å². The van der Waals surface area contributed by atoms with E-state index in [-0.39, 0.29) is 11.3 Å². The van der Waals surface area contributed by atoms with Gasteiger partial charge < -0.3 is 9.47 Å². The number of hydrogen-bond donors (Lipinski definition) is 0. The van der Waals surface area contributed by atoms with Gasteiger partial charge in [0.2, 0.25) is 5.90 Å². The summed E-state index contributed by atoms with van der Waals surface area (Å²) in [5, 5.41) is 0. The van der Waals surface area contributed by atoms with Gasteiger partial charge >= 0.3 is 0 Å². The molecule has 108 valence electrons. The number of hydrogen-bond acceptors (Lipinski definition) is 3. The Kier molecular flexibility index (Phi) is 2.89. The molecule has 3 rings (SSSR count). The minimum atomic E-state index is -1.44. The maximum Gasteiger partial charge on any atom is 0.224 e. The van der Waals surface area contributed by atoms with Crippen LogP contribution in [0.2, 0.25) is 19.6 Å². The monoisotopic (exact) mass is 289 g/mol. The van der Waals surface area contributed by atoms with E-state index in [9.17, 15) is 0 Å². The van der Waals surface area contributed by atoms with Crippen molar-refractivity contribution in [1.29, 1.82) is 0 Å². The molecule has 4 heteroatoms. The van der Waals surface area contributed by atoms with E-state index in [1.165, 1.54) is 5.56 Å². The zero-order valence-corrected chi connectivity index (χ0v) is 13.9. The molecule has 1 aromatic carbocycles. The Hall–Kier alpha value is -1.13. The fourth-order valence-corrected chi connectivity index (χ4v) is 4.95. The molecule has 3 nitrogen and oxygen atoms in total. The van der Waals surface area contributed by atoms with E-state index in [2.05, 4.69) is 57.8 Å². The van der Waals surface area contributed by atoms with Gasteiger partial charge in [-0.3, -0.25) is 0 Å². The summed E-state index contributed by atoms with van der Waals surface area (Å²) >= 11 is 0. The van der Waals surface area contributed by atoms with Crippen LogP contribution in [0.3, 0.4) is 0 Å². The Morgan fingerprint density at radius 3 is 2.25 bits per heavy atom. The zero-order valence-electron chi connectivity index (χ0n) is 12.9. The summed E-state index contributed by atoms with van der Waals surface area (Å²) in [7, 11) is -1.44. The van der Waals surface area contributed by atoms with Crippen molar-refractivity contribution in [2.75, 3.05) is 6.61 Å². The van der Waals surface area contributed by atoms with Crippen molar-refractivity contribution in [3.63, 3.8) is 0 Å². The summed E-state index contributed by atoms with van der Waals surface area (Å²) in [5.41, 5.74) is 0.834. The minimum absolute atomic E-state index is 0.146. The molecule has 2 atom stereocenters. The summed E-state index contributed by atoms with van der Waals surface area (Å²) in [5.74, 6) is 0.779. The van der Waals surface area contributed by atoms with Gasteiger partial charge in [0.05, 0.1) is 19.3 Å². The predicted octanol–water partition coefficient (Wildman–Crippen LogP) is 3.37. The lowest BCUT2D eigenvalue weighted by molar-refractivity contribution is 0.248. The van der Waals surface area contributed by atoms with Gasteiger partial charge in [0.15, 0.2) is 5.60 Å². The van der Waals surface area contributed by atoms with Crippen molar-refractivity contribution in [3.8, 4) is 0 Å². The lowest BCUT2D eigenvalue weighted by Crippen LogP contribution is -2.38. The Bertz CT molecular complexity index is 547. The Morgan fingerprint density at radius 2 is 1.80 bits per heavy atom. The van der Waals surface area contributed by atoms with Crippen molar-refractivity contribution in [3.05, 3.63) is 35.9 Å². The highest BCUT2D eigenvalue weighted by molar-refractivity contribution is 6.78. The molecule has 0 aliphatic carbocycles. The smallest absolute Gasteiger partial charge is 0.224 e. The third-order valence-electron chi connectivity index (χ3n) is 3.89. The summed E-state index contributed by atoms with van der Waals surface area (Å²) in [6.07, 6.45) is 0. The Morgan fingerprint density at radius 1 is 1.15 bits per heavy atom. The lowest BCUT2D eigenvalue weighted by atomic mass is 9.99. The van der Waals surface area contributed by atoms with Crippen LogP contribution in [-0.2, 0) is 15.1 Å². The number of benzene rings is 1. The maximum absolute atomic E-state index is 6.24. The standard InChI is InChI=1S/C16H23NO2Si/c1-15(2)11-18-13(17-15)16(12-9-7-6-8-10-12)14(19-16)20(3,4)5/h6-10,14H,11H2,1-5H3/t14-,16+/m0/s1. The van der Waals surface area contributed by atoms with Gasteiger partial charge in [0.25, 0.3) is 0 Å². The molecule has 2 aliphatic heterocycles. The molecule has 0 amide bonds. The van der Waals surface area contributed by atoms with E-state index in [1.54, 1.807) is 0 Å². The topological polar surface area (TPSA) is 34.1 Å². The summed E-state index contributed by atoms with van der Waals surface area (Å²) < 4.78 is 12.2. The van der Waals surface area contributed by atoms with Crippen LogP contribution in [0.15, 0.2) is 35.3 Å². The van der Waals surface area contributed by atoms with Gasteiger partial charge in [-0.1, -0.05) is 50.0 Å². The molecule has 20 heavy (non-hydrogen) atoms. The van der Waals surface area contributed by atoms with Gasteiger partial charge in [-0.2, -0.15) is 0 Å². The second kappa shape index (κ2) is 4.18. The summed E-state index contributed by atoms with van der Waals surface area (Å²) in [6, 6.07) is 10.4. The van der Waals surface area contributed by atoms with Gasteiger partial charge in [-0.25, -0.2) is 4.99 Å². The van der Waals surface area contributed by atoms with Crippen molar-refractivity contribution in [2.45, 2.75) is 50.4 Å². The number of epoxide rings is 1. The normalized spacial score (nSPS) is 31.6. The van der Waals surface area contributed by atoms with Crippen LogP contribution in [0.1, 0.15) is 19.4 Å². The van der Waals surface area contributed by atoms with E-state index in [0.29, 0.717) is 6.61 Å². The van der Waals surface area contributed by atoms with Crippen molar-refractivity contribution in [1.82, 2.24) is 0 Å². The highest BCUT2D eigenvalue weighted by Crippen LogP contribution is 2.53. The summed E-state index contributed by atoms with van der Waals surface area (Å²) in [6.45, 7) is 11.9. The second-order valence-electron chi connectivity index (χ2n) is 7.48. The molecule has 1 fully saturated rings. The van der Waals surface area contributed by atoms with E-state index >= 15 is 0 Å². The number of nitrogens with zero attached hydrogens (tertiary/aromatic N) is 1. The lowest BCUT2D eigenvalue weighted by Gasteiger charge is -2.18. The molecule has 0 spiro atoms. The first kappa shape index (κ1) is 13.8. The van der Waals surface area contributed by atoms with Crippen molar-refractivity contribution >= 4 is 14.0 Å². The highest BCUT2D eigenvalue weighted by Gasteiger charge is 2.68. The van der Waals surface area contributed by atoms with Crippen LogP contribution in [0, 0.1) is 0 Å². The van der Waals surface area contributed by atoms with Crippen LogP contribution in [0.25, 0.3) is 0 Å². The number of aliphatic imine (C=N–C) groups is 1. The Balaban J connectivity index is 2.04. The predicted molar refractivity (Wildman–Crippen MR) is 83.8 cm³/mol. The fraction of sp³-hybridized carbons (Fsp3) is 0.562. The first-order chi connectivity index (χ1) is 9.26. The third kappa shape index (κ3) is 2.11. The first-order valence-corrected chi connectivity index (χ1v) is 10.8. The first-order valence-electron chi connectivity index (χ1n) is 7.22. The molecule has 0 bridgehead atoms. The van der Waals surface area contributed by atoms with Gasteiger partial charge in [-0.15, -0.1) is 0 Å². The molecule has 0 N–H and O–H groups in total. The van der Waals surface area contributed by atoms with E-state index in [1.807, 2.05) is 6.07 Å². The van der Waals surface area contributed by atoms with E-state index in [0.717, 1.165) is 5.90 Å².